The highest BCUT2D eigenvalue weighted by Gasteiger charge is 2.18. The van der Waals surface area contributed by atoms with Gasteiger partial charge in [0.2, 0.25) is 0 Å². The van der Waals surface area contributed by atoms with Crippen LogP contribution in [-0.4, -0.2) is 31.2 Å². The third-order valence-electron chi connectivity index (χ3n) is 5.74. The van der Waals surface area contributed by atoms with Crippen LogP contribution in [0.1, 0.15) is 25.7 Å². The van der Waals surface area contributed by atoms with E-state index in [9.17, 15) is 0 Å². The van der Waals surface area contributed by atoms with Crippen molar-refractivity contribution in [1.29, 1.82) is 0 Å². The minimum atomic E-state index is 1.07. The highest BCUT2D eigenvalue weighted by molar-refractivity contribution is 5.83. The smallest absolute Gasteiger partial charge is 0.0711 e. The van der Waals surface area contributed by atoms with Crippen LogP contribution in [-0.2, 0) is 0 Å². The molecule has 2 aliphatic heterocycles. The molecule has 2 aromatic carbocycles. The van der Waals surface area contributed by atoms with Gasteiger partial charge in [-0.1, -0.05) is 24.3 Å². The SMILES string of the molecule is c1ccc2nc(-c3cc(N4CCCC4)cc(N4CCCC4)c3)ccc2c1. The van der Waals surface area contributed by atoms with E-state index in [4.69, 9.17) is 4.98 Å². The van der Waals surface area contributed by atoms with Crippen molar-refractivity contribution in [2.75, 3.05) is 36.0 Å². The van der Waals surface area contributed by atoms with Crippen molar-refractivity contribution in [2.45, 2.75) is 25.7 Å². The van der Waals surface area contributed by atoms with E-state index in [1.807, 2.05) is 0 Å². The van der Waals surface area contributed by atoms with Crippen molar-refractivity contribution < 1.29 is 0 Å². The summed E-state index contributed by atoms with van der Waals surface area (Å²) in [4.78, 5) is 10.0. The van der Waals surface area contributed by atoms with E-state index in [1.54, 1.807) is 0 Å². The van der Waals surface area contributed by atoms with Gasteiger partial charge in [0, 0.05) is 48.5 Å². The predicted molar refractivity (Wildman–Crippen MR) is 110 cm³/mol. The number of nitrogens with zero attached hydrogens (tertiary/aromatic N) is 3. The summed E-state index contributed by atoms with van der Waals surface area (Å²) in [5, 5.41) is 1.20. The molecule has 2 fully saturated rings. The number of aromatic nitrogens is 1. The second kappa shape index (κ2) is 6.64. The highest BCUT2D eigenvalue weighted by atomic mass is 15.2. The van der Waals surface area contributed by atoms with Crippen molar-refractivity contribution in [3.63, 3.8) is 0 Å². The van der Waals surface area contributed by atoms with E-state index in [-0.39, 0.29) is 0 Å². The number of pyridine rings is 1. The molecule has 0 N–H and O–H groups in total. The van der Waals surface area contributed by atoms with E-state index >= 15 is 0 Å². The molecule has 2 aliphatic rings. The van der Waals surface area contributed by atoms with Gasteiger partial charge < -0.3 is 9.80 Å². The lowest BCUT2D eigenvalue weighted by Gasteiger charge is -2.24. The molecule has 0 amide bonds. The number of anilines is 2. The third kappa shape index (κ3) is 2.92. The largest absolute Gasteiger partial charge is 0.371 e. The van der Waals surface area contributed by atoms with E-state index < -0.39 is 0 Å². The Kier molecular flexibility index (Phi) is 4.00. The molecular formula is C23H25N3. The average Bonchev–Trinajstić information content (AvgIpc) is 3.41. The second-order valence-electron chi connectivity index (χ2n) is 7.52. The van der Waals surface area contributed by atoms with E-state index in [0.717, 1.165) is 11.2 Å². The van der Waals surface area contributed by atoms with E-state index in [2.05, 4.69) is 64.4 Å². The van der Waals surface area contributed by atoms with Gasteiger partial charge in [0.1, 0.15) is 0 Å². The monoisotopic (exact) mass is 343 g/mol. The first-order valence-electron chi connectivity index (χ1n) is 9.88. The summed E-state index contributed by atoms with van der Waals surface area (Å²) in [6.45, 7) is 4.70. The Morgan fingerprint density at radius 1 is 0.654 bits per heavy atom. The van der Waals surface area contributed by atoms with Crippen LogP contribution in [0.5, 0.6) is 0 Å². The molecule has 2 saturated heterocycles. The van der Waals surface area contributed by atoms with Gasteiger partial charge in [-0.3, -0.25) is 0 Å². The first kappa shape index (κ1) is 15.7. The van der Waals surface area contributed by atoms with Gasteiger partial charge in [-0.05, 0) is 56.0 Å². The molecular weight excluding hydrogens is 318 g/mol. The molecule has 0 atom stereocenters. The first-order chi connectivity index (χ1) is 12.9. The molecule has 0 bridgehead atoms. The summed E-state index contributed by atoms with van der Waals surface area (Å²) in [5.41, 5.74) is 6.10. The summed E-state index contributed by atoms with van der Waals surface area (Å²) < 4.78 is 0. The molecule has 132 valence electrons. The number of hydrogen-bond donors (Lipinski definition) is 0. The highest BCUT2D eigenvalue weighted by Crippen LogP contribution is 2.33. The molecule has 0 saturated carbocycles. The van der Waals surface area contributed by atoms with Crippen LogP contribution in [0, 0.1) is 0 Å². The van der Waals surface area contributed by atoms with Gasteiger partial charge in [-0.2, -0.15) is 0 Å². The van der Waals surface area contributed by atoms with Crippen LogP contribution in [0.3, 0.4) is 0 Å². The molecule has 3 nitrogen and oxygen atoms in total. The molecule has 0 unspecified atom stereocenters. The average molecular weight is 343 g/mol. The Balaban J connectivity index is 1.61. The topological polar surface area (TPSA) is 19.4 Å². The number of rotatable bonds is 3. The Morgan fingerprint density at radius 3 is 1.92 bits per heavy atom. The Bertz CT molecular complexity index is 887. The van der Waals surface area contributed by atoms with Crippen molar-refractivity contribution in [2.24, 2.45) is 0 Å². The maximum atomic E-state index is 4.94. The van der Waals surface area contributed by atoms with Crippen LogP contribution in [0.4, 0.5) is 11.4 Å². The lowest BCUT2D eigenvalue weighted by molar-refractivity contribution is 0.949. The minimum absolute atomic E-state index is 1.07. The molecule has 5 rings (SSSR count). The van der Waals surface area contributed by atoms with Gasteiger partial charge in [0.25, 0.3) is 0 Å². The predicted octanol–water partition coefficient (Wildman–Crippen LogP) is 5.10. The Labute approximate surface area is 155 Å². The zero-order valence-corrected chi connectivity index (χ0v) is 15.2. The van der Waals surface area contributed by atoms with Gasteiger partial charge in [-0.15, -0.1) is 0 Å². The Morgan fingerprint density at radius 2 is 1.27 bits per heavy atom. The van der Waals surface area contributed by atoms with Gasteiger partial charge >= 0.3 is 0 Å². The summed E-state index contributed by atoms with van der Waals surface area (Å²) >= 11 is 0. The second-order valence-corrected chi connectivity index (χ2v) is 7.52. The first-order valence-corrected chi connectivity index (χ1v) is 9.88. The van der Waals surface area contributed by atoms with Crippen molar-refractivity contribution in [1.82, 2.24) is 4.98 Å². The summed E-state index contributed by atoms with van der Waals surface area (Å²) in [5.74, 6) is 0. The van der Waals surface area contributed by atoms with Gasteiger partial charge in [0.15, 0.2) is 0 Å². The number of fused-ring (bicyclic) bond motifs is 1. The third-order valence-corrected chi connectivity index (χ3v) is 5.74. The molecule has 3 heterocycles. The van der Waals surface area contributed by atoms with Crippen LogP contribution < -0.4 is 9.80 Å². The summed E-state index contributed by atoms with van der Waals surface area (Å²) in [6.07, 6.45) is 5.21. The quantitative estimate of drug-likeness (QED) is 0.659. The van der Waals surface area contributed by atoms with Crippen LogP contribution in [0.25, 0.3) is 22.2 Å². The summed E-state index contributed by atoms with van der Waals surface area (Å²) in [6, 6.07) is 19.8. The lowest BCUT2D eigenvalue weighted by Crippen LogP contribution is -2.21. The van der Waals surface area contributed by atoms with Crippen LogP contribution in [0.15, 0.2) is 54.6 Å². The molecule has 0 radical (unpaired) electrons. The van der Waals surface area contributed by atoms with E-state index in [0.29, 0.717) is 0 Å². The normalized spacial score (nSPS) is 17.4. The van der Waals surface area contributed by atoms with Crippen molar-refractivity contribution in [3.8, 4) is 11.3 Å². The van der Waals surface area contributed by atoms with Crippen LogP contribution in [0.2, 0.25) is 0 Å². The zero-order chi connectivity index (χ0) is 17.3. The fourth-order valence-electron chi connectivity index (χ4n) is 4.29. The van der Waals surface area contributed by atoms with Crippen LogP contribution >= 0.6 is 0 Å². The molecule has 3 heteroatoms. The fraction of sp³-hybridized carbons (Fsp3) is 0.348. The minimum Gasteiger partial charge on any atom is -0.371 e. The fourth-order valence-corrected chi connectivity index (χ4v) is 4.29. The maximum absolute atomic E-state index is 4.94. The molecule has 26 heavy (non-hydrogen) atoms. The van der Waals surface area contributed by atoms with Gasteiger partial charge in [0.05, 0.1) is 11.2 Å². The zero-order valence-electron chi connectivity index (χ0n) is 15.2. The molecule has 0 aliphatic carbocycles. The number of benzene rings is 2. The number of hydrogen-bond acceptors (Lipinski definition) is 3. The van der Waals surface area contributed by atoms with Crippen molar-refractivity contribution in [3.05, 3.63) is 54.6 Å². The van der Waals surface area contributed by atoms with E-state index in [1.165, 1.54) is 74.2 Å². The van der Waals surface area contributed by atoms with Crippen molar-refractivity contribution >= 4 is 22.3 Å². The van der Waals surface area contributed by atoms with Gasteiger partial charge in [-0.25, -0.2) is 4.98 Å². The molecule has 1 aromatic heterocycles. The standard InChI is InChI=1S/C23H25N3/c1-2-8-22-18(7-1)9-10-23(24-22)19-15-20(25-11-3-4-12-25)17-21(16-19)26-13-5-6-14-26/h1-2,7-10,15-17H,3-6,11-14H2. The maximum Gasteiger partial charge on any atom is 0.0711 e. The summed E-state index contributed by atoms with van der Waals surface area (Å²) in [7, 11) is 0. The lowest BCUT2D eigenvalue weighted by atomic mass is 10.1. The number of para-hydroxylation sites is 1. The molecule has 0 spiro atoms. The molecule has 3 aromatic rings. The Hall–Kier alpha value is -2.55.